The lowest BCUT2D eigenvalue weighted by Gasteiger charge is -2.15. The molecule has 1 aromatic heterocycles. The van der Waals surface area contributed by atoms with Crippen LogP contribution in [0.5, 0.6) is 0 Å². The molecule has 0 aliphatic heterocycles. The van der Waals surface area contributed by atoms with Crippen LogP contribution in [-0.2, 0) is 6.54 Å². The van der Waals surface area contributed by atoms with Crippen LogP contribution >= 0.6 is 0 Å². The summed E-state index contributed by atoms with van der Waals surface area (Å²) in [5.41, 5.74) is 2.32. The van der Waals surface area contributed by atoms with Crippen LogP contribution in [0, 0.1) is 12.8 Å². The Morgan fingerprint density at radius 1 is 1.40 bits per heavy atom. The number of hydrogen-bond acceptors (Lipinski definition) is 3. The molecule has 1 rings (SSSR count). The summed E-state index contributed by atoms with van der Waals surface area (Å²) in [7, 11) is 0. The Morgan fingerprint density at radius 3 is 2.73 bits per heavy atom. The third-order valence-corrected chi connectivity index (χ3v) is 2.38. The minimum Gasteiger partial charge on any atom is -0.392 e. The SMILES string of the molecule is Cc1cncc(CNCC(O)C(C)C)c1. The van der Waals surface area contributed by atoms with Crippen LogP contribution in [0.4, 0.5) is 0 Å². The molecule has 0 saturated heterocycles. The molecule has 0 aromatic carbocycles. The summed E-state index contributed by atoms with van der Waals surface area (Å²) in [4.78, 5) is 4.11. The molecule has 1 aromatic rings. The van der Waals surface area contributed by atoms with Crippen LogP contribution in [0.15, 0.2) is 18.5 Å². The summed E-state index contributed by atoms with van der Waals surface area (Å²) in [6.45, 7) is 7.45. The van der Waals surface area contributed by atoms with Gasteiger partial charge in [-0.2, -0.15) is 0 Å². The van der Waals surface area contributed by atoms with Gasteiger partial charge in [-0.15, -0.1) is 0 Å². The minimum absolute atomic E-state index is 0.275. The third-order valence-electron chi connectivity index (χ3n) is 2.38. The van der Waals surface area contributed by atoms with E-state index in [1.54, 1.807) is 0 Å². The van der Waals surface area contributed by atoms with E-state index in [1.165, 1.54) is 5.56 Å². The van der Waals surface area contributed by atoms with Crippen molar-refractivity contribution in [3.8, 4) is 0 Å². The predicted octanol–water partition coefficient (Wildman–Crippen LogP) is 1.50. The molecule has 0 fully saturated rings. The van der Waals surface area contributed by atoms with Crippen molar-refractivity contribution in [1.29, 1.82) is 0 Å². The number of aliphatic hydroxyl groups is 1. The van der Waals surface area contributed by atoms with Crippen LogP contribution in [0.3, 0.4) is 0 Å². The molecule has 84 valence electrons. The van der Waals surface area contributed by atoms with Gasteiger partial charge in [0.25, 0.3) is 0 Å². The van der Waals surface area contributed by atoms with E-state index in [9.17, 15) is 5.11 Å². The van der Waals surface area contributed by atoms with Crippen molar-refractivity contribution in [3.63, 3.8) is 0 Å². The van der Waals surface area contributed by atoms with Gasteiger partial charge in [0, 0.05) is 25.5 Å². The Kier molecular flexibility index (Phi) is 4.72. The Bertz CT molecular complexity index is 299. The molecule has 0 spiro atoms. The van der Waals surface area contributed by atoms with Crippen molar-refractivity contribution in [2.75, 3.05) is 6.54 Å². The van der Waals surface area contributed by atoms with E-state index in [1.807, 2.05) is 33.2 Å². The van der Waals surface area contributed by atoms with Gasteiger partial charge >= 0.3 is 0 Å². The lowest BCUT2D eigenvalue weighted by molar-refractivity contribution is 0.123. The van der Waals surface area contributed by atoms with Crippen LogP contribution in [0.1, 0.15) is 25.0 Å². The van der Waals surface area contributed by atoms with Crippen molar-refractivity contribution in [2.24, 2.45) is 5.92 Å². The Balaban J connectivity index is 2.32. The number of aryl methyl sites for hydroxylation is 1. The summed E-state index contributed by atoms with van der Waals surface area (Å²) in [5.74, 6) is 0.299. The van der Waals surface area contributed by atoms with Gasteiger partial charge in [-0.25, -0.2) is 0 Å². The fourth-order valence-electron chi connectivity index (χ4n) is 1.31. The first-order chi connectivity index (χ1) is 7.09. The predicted molar refractivity (Wildman–Crippen MR) is 61.5 cm³/mol. The summed E-state index contributed by atoms with van der Waals surface area (Å²) in [5, 5.41) is 12.8. The molecule has 0 aliphatic carbocycles. The van der Waals surface area contributed by atoms with Gasteiger partial charge in [-0.05, 0) is 24.0 Å². The lowest BCUT2D eigenvalue weighted by atomic mass is 10.1. The number of hydrogen-bond donors (Lipinski definition) is 2. The monoisotopic (exact) mass is 208 g/mol. The normalized spacial score (nSPS) is 13.1. The average Bonchev–Trinajstić information content (AvgIpc) is 2.17. The molecule has 1 unspecified atom stereocenters. The van der Waals surface area contributed by atoms with Crippen LogP contribution in [0.25, 0.3) is 0 Å². The zero-order valence-corrected chi connectivity index (χ0v) is 9.70. The molecular weight excluding hydrogens is 188 g/mol. The van der Waals surface area contributed by atoms with E-state index in [0.29, 0.717) is 12.5 Å². The van der Waals surface area contributed by atoms with Crippen LogP contribution < -0.4 is 5.32 Å². The van der Waals surface area contributed by atoms with Gasteiger partial charge < -0.3 is 10.4 Å². The zero-order valence-electron chi connectivity index (χ0n) is 9.70. The molecule has 1 heterocycles. The van der Waals surface area contributed by atoms with Crippen molar-refractivity contribution in [1.82, 2.24) is 10.3 Å². The second kappa shape index (κ2) is 5.83. The highest BCUT2D eigenvalue weighted by molar-refractivity contribution is 5.16. The summed E-state index contributed by atoms with van der Waals surface area (Å²) < 4.78 is 0. The molecular formula is C12H20N2O. The molecule has 3 nitrogen and oxygen atoms in total. The molecule has 0 aliphatic rings. The van der Waals surface area contributed by atoms with E-state index in [4.69, 9.17) is 0 Å². The number of pyridine rings is 1. The van der Waals surface area contributed by atoms with Crippen LogP contribution in [-0.4, -0.2) is 22.7 Å². The van der Waals surface area contributed by atoms with Crippen molar-refractivity contribution in [3.05, 3.63) is 29.6 Å². The highest BCUT2D eigenvalue weighted by atomic mass is 16.3. The van der Waals surface area contributed by atoms with Gasteiger partial charge in [-0.1, -0.05) is 19.9 Å². The fraction of sp³-hybridized carbons (Fsp3) is 0.583. The Hall–Kier alpha value is -0.930. The van der Waals surface area contributed by atoms with Crippen LogP contribution in [0.2, 0.25) is 0 Å². The maximum atomic E-state index is 9.58. The molecule has 1 atom stereocenters. The third kappa shape index (κ3) is 4.40. The maximum absolute atomic E-state index is 9.58. The van der Waals surface area contributed by atoms with Crippen molar-refractivity contribution in [2.45, 2.75) is 33.4 Å². The maximum Gasteiger partial charge on any atom is 0.0687 e. The first-order valence-corrected chi connectivity index (χ1v) is 5.39. The first-order valence-electron chi connectivity index (χ1n) is 5.39. The lowest BCUT2D eigenvalue weighted by Crippen LogP contribution is -2.30. The number of rotatable bonds is 5. The fourth-order valence-corrected chi connectivity index (χ4v) is 1.31. The zero-order chi connectivity index (χ0) is 11.3. The summed E-state index contributed by atoms with van der Waals surface area (Å²) in [6, 6.07) is 2.10. The van der Waals surface area contributed by atoms with E-state index in [-0.39, 0.29) is 6.10 Å². The van der Waals surface area contributed by atoms with Crippen molar-refractivity contribution >= 4 is 0 Å². The highest BCUT2D eigenvalue weighted by Gasteiger charge is 2.07. The molecule has 0 amide bonds. The quantitative estimate of drug-likeness (QED) is 0.770. The van der Waals surface area contributed by atoms with E-state index >= 15 is 0 Å². The molecule has 0 saturated carbocycles. The van der Waals surface area contributed by atoms with E-state index < -0.39 is 0 Å². The number of nitrogens with zero attached hydrogens (tertiary/aromatic N) is 1. The van der Waals surface area contributed by atoms with E-state index in [2.05, 4.69) is 16.4 Å². The number of nitrogens with one attached hydrogen (secondary N) is 1. The van der Waals surface area contributed by atoms with E-state index in [0.717, 1.165) is 12.1 Å². The Morgan fingerprint density at radius 2 is 2.13 bits per heavy atom. The molecule has 3 heteroatoms. The standard InChI is InChI=1S/C12H20N2O/c1-9(2)12(15)8-14-7-11-4-10(3)5-13-6-11/h4-6,9,12,14-15H,7-8H2,1-3H3. The number of aromatic nitrogens is 1. The second-order valence-corrected chi connectivity index (χ2v) is 4.31. The molecule has 15 heavy (non-hydrogen) atoms. The van der Waals surface area contributed by atoms with Gasteiger partial charge in [0.15, 0.2) is 0 Å². The van der Waals surface area contributed by atoms with Gasteiger partial charge in [0.05, 0.1) is 6.10 Å². The molecule has 0 bridgehead atoms. The molecule has 2 N–H and O–H groups in total. The minimum atomic E-state index is -0.275. The van der Waals surface area contributed by atoms with Gasteiger partial charge in [0.1, 0.15) is 0 Å². The highest BCUT2D eigenvalue weighted by Crippen LogP contribution is 2.02. The topological polar surface area (TPSA) is 45.2 Å². The molecule has 0 radical (unpaired) electrons. The van der Waals surface area contributed by atoms with Gasteiger partial charge in [-0.3, -0.25) is 4.98 Å². The summed E-state index contributed by atoms with van der Waals surface area (Å²) >= 11 is 0. The van der Waals surface area contributed by atoms with Crippen molar-refractivity contribution < 1.29 is 5.11 Å². The van der Waals surface area contributed by atoms with Gasteiger partial charge in [0.2, 0.25) is 0 Å². The Labute approximate surface area is 91.5 Å². The first kappa shape index (κ1) is 12.1. The smallest absolute Gasteiger partial charge is 0.0687 e. The number of aliphatic hydroxyl groups excluding tert-OH is 1. The average molecular weight is 208 g/mol. The summed E-state index contributed by atoms with van der Waals surface area (Å²) in [6.07, 6.45) is 3.41. The second-order valence-electron chi connectivity index (χ2n) is 4.31. The largest absolute Gasteiger partial charge is 0.392 e.